The first-order valence-corrected chi connectivity index (χ1v) is 9.00. The summed E-state index contributed by atoms with van der Waals surface area (Å²) < 4.78 is 52.3. The highest BCUT2D eigenvalue weighted by Crippen LogP contribution is 2.65. The molecule has 0 radical (unpaired) electrons. The van der Waals surface area contributed by atoms with Crippen molar-refractivity contribution in [2.75, 3.05) is 0 Å². The number of esters is 1. The van der Waals surface area contributed by atoms with Crippen molar-refractivity contribution in [3.63, 3.8) is 0 Å². The van der Waals surface area contributed by atoms with E-state index in [1.54, 1.807) is 13.8 Å². The molecular formula is C20H17F3N2O5. The Balaban J connectivity index is 1.92. The van der Waals surface area contributed by atoms with Crippen LogP contribution in [0.3, 0.4) is 0 Å². The molecule has 30 heavy (non-hydrogen) atoms. The zero-order valence-electron chi connectivity index (χ0n) is 16.2. The summed E-state index contributed by atoms with van der Waals surface area (Å²) in [5, 5.41) is 30.7. The number of benzene rings is 1. The van der Waals surface area contributed by atoms with Crippen LogP contribution in [-0.4, -0.2) is 26.9 Å². The van der Waals surface area contributed by atoms with E-state index in [4.69, 9.17) is 14.7 Å². The van der Waals surface area contributed by atoms with Crippen LogP contribution in [0.2, 0.25) is 0 Å². The van der Waals surface area contributed by atoms with Crippen LogP contribution >= 0.6 is 0 Å². The van der Waals surface area contributed by atoms with Gasteiger partial charge in [-0.25, -0.2) is 0 Å². The summed E-state index contributed by atoms with van der Waals surface area (Å²) in [5.74, 6) is -1.55. The van der Waals surface area contributed by atoms with Crippen LogP contribution in [0.1, 0.15) is 49.4 Å². The van der Waals surface area contributed by atoms with E-state index in [9.17, 15) is 28.2 Å². The summed E-state index contributed by atoms with van der Waals surface area (Å²) in [4.78, 5) is 11.5. The van der Waals surface area contributed by atoms with Crippen LogP contribution in [0.15, 0.2) is 18.2 Å². The second-order valence-corrected chi connectivity index (χ2v) is 7.81. The van der Waals surface area contributed by atoms with Gasteiger partial charge in [-0.3, -0.25) is 9.36 Å². The lowest BCUT2D eigenvalue weighted by molar-refractivity contribution is -0.157. The lowest BCUT2D eigenvalue weighted by atomic mass is 9.78. The molecule has 0 amide bonds. The summed E-state index contributed by atoms with van der Waals surface area (Å²) in [7, 11) is 0. The average Bonchev–Trinajstić information content (AvgIpc) is 3.14. The van der Waals surface area contributed by atoms with E-state index in [-0.39, 0.29) is 23.2 Å². The molecule has 2 aliphatic heterocycles. The van der Waals surface area contributed by atoms with Crippen LogP contribution in [0.4, 0.5) is 13.2 Å². The smallest absolute Gasteiger partial charge is 0.417 e. The first kappa shape index (κ1) is 20.1. The maximum Gasteiger partial charge on any atom is 0.417 e. The minimum atomic E-state index is -4.80. The number of rotatable bonds is 2. The van der Waals surface area contributed by atoms with Gasteiger partial charge in [0.25, 0.3) is 0 Å². The lowest BCUT2D eigenvalue weighted by Crippen LogP contribution is -2.36. The summed E-state index contributed by atoms with van der Waals surface area (Å²) in [6.07, 6.45) is -5.35. The molecule has 2 aliphatic rings. The highest BCUT2D eigenvalue weighted by molar-refractivity contribution is 5.68. The molecule has 158 valence electrons. The van der Waals surface area contributed by atoms with Crippen molar-refractivity contribution in [3.8, 4) is 23.5 Å². The maximum atomic E-state index is 13.4. The molecule has 2 bridgehead atoms. The summed E-state index contributed by atoms with van der Waals surface area (Å²) in [5.41, 5.74) is -3.98. The Morgan fingerprint density at radius 2 is 1.93 bits per heavy atom. The van der Waals surface area contributed by atoms with E-state index < -0.39 is 52.3 Å². The zero-order valence-corrected chi connectivity index (χ0v) is 16.2. The topological polar surface area (TPSA) is 105 Å². The fourth-order valence-electron chi connectivity index (χ4n) is 4.61. The van der Waals surface area contributed by atoms with Gasteiger partial charge < -0.3 is 19.7 Å². The van der Waals surface area contributed by atoms with Gasteiger partial charge in [0.1, 0.15) is 17.3 Å². The minimum Gasteiger partial charge on any atom is -0.494 e. The molecule has 10 heteroatoms. The molecule has 1 aromatic carbocycles. The first-order chi connectivity index (χ1) is 13.8. The van der Waals surface area contributed by atoms with Crippen molar-refractivity contribution in [2.24, 2.45) is 0 Å². The quantitative estimate of drug-likeness (QED) is 0.717. The van der Waals surface area contributed by atoms with Crippen molar-refractivity contribution in [1.29, 1.82) is 5.26 Å². The molecule has 0 aliphatic carbocycles. The molecule has 1 fully saturated rings. The summed E-state index contributed by atoms with van der Waals surface area (Å²) >= 11 is 0. The molecule has 2 aromatic rings. The molecule has 2 N–H and O–H groups in total. The number of ether oxygens (including phenoxy) is 2. The number of carbonyl (C=O) groups excluding carboxylic acids is 1. The van der Waals surface area contributed by atoms with Gasteiger partial charge in [-0.2, -0.15) is 18.4 Å². The molecule has 1 saturated heterocycles. The average molecular weight is 422 g/mol. The van der Waals surface area contributed by atoms with Crippen molar-refractivity contribution < 1.29 is 37.7 Å². The van der Waals surface area contributed by atoms with Crippen molar-refractivity contribution in [1.82, 2.24) is 4.57 Å². The molecule has 4 rings (SSSR count). The molecule has 2 unspecified atom stereocenters. The van der Waals surface area contributed by atoms with Gasteiger partial charge in [0.05, 0.1) is 34.0 Å². The third kappa shape index (κ3) is 2.51. The molecular weight excluding hydrogens is 405 g/mol. The van der Waals surface area contributed by atoms with E-state index in [0.717, 1.165) is 10.6 Å². The van der Waals surface area contributed by atoms with Crippen molar-refractivity contribution in [2.45, 2.75) is 50.7 Å². The Hall–Kier alpha value is -3.19. The van der Waals surface area contributed by atoms with E-state index >= 15 is 0 Å². The number of aromatic nitrogens is 1. The fourth-order valence-corrected chi connectivity index (χ4v) is 4.61. The third-order valence-corrected chi connectivity index (χ3v) is 5.77. The summed E-state index contributed by atoms with van der Waals surface area (Å²) in [6.45, 7) is 4.46. The predicted molar refractivity (Wildman–Crippen MR) is 94.8 cm³/mol. The van der Waals surface area contributed by atoms with Gasteiger partial charge in [0, 0.05) is 13.3 Å². The number of carbonyl (C=O) groups is 1. The van der Waals surface area contributed by atoms with Gasteiger partial charge >= 0.3 is 12.1 Å². The second kappa shape index (κ2) is 5.92. The minimum absolute atomic E-state index is 0.151. The van der Waals surface area contributed by atoms with Gasteiger partial charge in [-0.05, 0) is 32.0 Å². The number of nitriles is 1. The van der Waals surface area contributed by atoms with Crippen LogP contribution in [0.25, 0.3) is 5.69 Å². The number of fused-ring (bicyclic) bond motifs is 5. The monoisotopic (exact) mass is 422 g/mol. The molecule has 0 saturated carbocycles. The van der Waals surface area contributed by atoms with E-state index in [0.29, 0.717) is 6.07 Å². The number of alkyl halides is 3. The zero-order chi connectivity index (χ0) is 22.2. The largest absolute Gasteiger partial charge is 0.494 e. The predicted octanol–water partition coefficient (Wildman–Crippen LogP) is 3.57. The first-order valence-electron chi connectivity index (χ1n) is 9.00. The Labute approximate surface area is 168 Å². The fraction of sp³-hybridized carbons (Fsp3) is 0.400. The van der Waals surface area contributed by atoms with E-state index in [1.807, 2.05) is 0 Å². The second-order valence-electron chi connectivity index (χ2n) is 7.81. The van der Waals surface area contributed by atoms with Gasteiger partial charge in [0.15, 0.2) is 0 Å². The maximum absolute atomic E-state index is 13.4. The Bertz CT molecular complexity index is 1130. The van der Waals surface area contributed by atoms with Crippen LogP contribution in [-0.2, 0) is 31.6 Å². The summed E-state index contributed by atoms with van der Waals surface area (Å²) in [6, 6.07) is 4.34. The number of halogens is 3. The van der Waals surface area contributed by atoms with Gasteiger partial charge in [-0.1, -0.05) is 0 Å². The Kier molecular flexibility index (Phi) is 3.96. The Morgan fingerprint density at radius 3 is 2.50 bits per heavy atom. The SMILES string of the molecule is CC(=O)O[C@@H]1CC2(C)OC1(C)c1c2c(O)n(-c2ccc(C#N)c(C(F)(F)F)c2)c1O. The van der Waals surface area contributed by atoms with E-state index in [2.05, 4.69) is 0 Å². The molecule has 3 heterocycles. The number of hydrogen-bond acceptors (Lipinski definition) is 6. The lowest BCUT2D eigenvalue weighted by Gasteiger charge is -2.28. The molecule has 3 atom stereocenters. The van der Waals surface area contributed by atoms with Crippen LogP contribution < -0.4 is 0 Å². The van der Waals surface area contributed by atoms with Gasteiger partial charge in [0.2, 0.25) is 11.8 Å². The van der Waals surface area contributed by atoms with Crippen molar-refractivity contribution >= 4 is 5.97 Å². The highest BCUT2D eigenvalue weighted by Gasteiger charge is 2.66. The normalized spacial score (nSPS) is 27.0. The number of nitrogens with zero attached hydrogens (tertiary/aromatic N) is 2. The standard InChI is InChI=1S/C20H17F3N2O5/c1-9(26)29-13-7-18(2)14-15(19(13,3)30-18)17(28)25(16(14)27)11-5-4-10(8-24)12(6-11)20(21,22)23/h4-6,13,27-28H,7H2,1-3H3/t13-,18?,19?/m1/s1. The van der Waals surface area contributed by atoms with Crippen LogP contribution in [0, 0.1) is 11.3 Å². The van der Waals surface area contributed by atoms with Gasteiger partial charge in [-0.15, -0.1) is 0 Å². The van der Waals surface area contributed by atoms with E-state index in [1.165, 1.54) is 19.1 Å². The third-order valence-electron chi connectivity index (χ3n) is 5.77. The number of aromatic hydroxyl groups is 2. The highest BCUT2D eigenvalue weighted by atomic mass is 19.4. The van der Waals surface area contributed by atoms with Crippen molar-refractivity contribution in [3.05, 3.63) is 40.5 Å². The number of hydrogen-bond donors (Lipinski definition) is 2. The molecule has 7 nitrogen and oxygen atoms in total. The molecule has 1 aromatic heterocycles. The molecule has 0 spiro atoms. The Morgan fingerprint density at radius 1 is 1.30 bits per heavy atom. The van der Waals surface area contributed by atoms with Crippen LogP contribution in [0.5, 0.6) is 11.8 Å².